The van der Waals surface area contributed by atoms with E-state index in [2.05, 4.69) is 21.9 Å². The molecular formula is C13H11N3O6S. The quantitative estimate of drug-likeness (QED) is 0.622. The largest absolute Gasteiger partial charge is 0.477 e. The van der Waals surface area contributed by atoms with E-state index in [-0.39, 0.29) is 12.3 Å². The number of nitrogens with one attached hydrogen (secondary N) is 1. The topological polar surface area (TPSA) is 125 Å². The van der Waals surface area contributed by atoms with Crippen molar-refractivity contribution in [2.24, 2.45) is 5.16 Å². The lowest BCUT2D eigenvalue weighted by Crippen LogP contribution is -2.71. The van der Waals surface area contributed by atoms with Crippen molar-refractivity contribution >= 4 is 41.0 Å². The molecular weight excluding hydrogens is 326 g/mol. The van der Waals surface area contributed by atoms with Crippen LogP contribution in [0.5, 0.6) is 0 Å². The molecule has 23 heavy (non-hydrogen) atoms. The maximum atomic E-state index is 12.2. The molecule has 3 rings (SSSR count). The van der Waals surface area contributed by atoms with Crippen LogP contribution < -0.4 is 5.32 Å². The predicted octanol–water partition coefficient (Wildman–Crippen LogP) is -1.13. The highest BCUT2D eigenvalue weighted by Gasteiger charge is 2.54. The van der Waals surface area contributed by atoms with Crippen molar-refractivity contribution in [3.8, 4) is 0 Å². The molecule has 3 heterocycles. The van der Waals surface area contributed by atoms with Crippen LogP contribution in [0, 0.1) is 0 Å². The Labute approximate surface area is 134 Å². The van der Waals surface area contributed by atoms with E-state index in [9.17, 15) is 24.3 Å². The molecule has 0 bridgehead atoms. The molecule has 0 radical (unpaired) electrons. The Hall–Kier alpha value is -2.62. The van der Waals surface area contributed by atoms with Crippen LogP contribution in [0.15, 0.2) is 29.1 Å². The number of carbonyl (C=O) groups excluding carboxylic acids is 3. The first-order valence-electron chi connectivity index (χ1n) is 6.53. The Balaban J connectivity index is 1.77. The van der Waals surface area contributed by atoms with Crippen LogP contribution in [0.4, 0.5) is 0 Å². The molecule has 3 aliphatic heterocycles. The van der Waals surface area contributed by atoms with Crippen LogP contribution in [0.2, 0.25) is 0 Å². The molecule has 3 aliphatic rings. The maximum Gasteiger partial charge on any atom is 0.352 e. The van der Waals surface area contributed by atoms with E-state index in [0.29, 0.717) is 11.3 Å². The molecule has 0 saturated carbocycles. The number of rotatable bonds is 4. The highest BCUT2D eigenvalue weighted by molar-refractivity contribution is 8.00. The zero-order valence-electron chi connectivity index (χ0n) is 11.6. The van der Waals surface area contributed by atoms with Gasteiger partial charge in [0.15, 0.2) is 6.61 Å². The van der Waals surface area contributed by atoms with E-state index in [1.165, 1.54) is 17.8 Å². The van der Waals surface area contributed by atoms with Crippen molar-refractivity contribution in [2.45, 2.75) is 11.4 Å². The van der Waals surface area contributed by atoms with Gasteiger partial charge in [0.25, 0.3) is 11.8 Å². The highest BCUT2D eigenvalue weighted by atomic mass is 32.2. The standard InChI is InChI=1S/C13H11N3O6S/c1-2-5-4-23-12-8(11(19)16(12)9(5)13(20)21)14-10(18)7-6(17)3-22-15-7/h2,8,12H,1,3-4H2,(H,14,18)(H,20,21)/t8-,12-/m1/s1. The Morgan fingerprint density at radius 1 is 1.48 bits per heavy atom. The van der Waals surface area contributed by atoms with E-state index in [0.717, 1.165) is 4.90 Å². The van der Waals surface area contributed by atoms with E-state index in [1.54, 1.807) is 0 Å². The first kappa shape index (κ1) is 15.3. The fraction of sp³-hybridized carbons (Fsp3) is 0.308. The molecule has 0 aromatic heterocycles. The van der Waals surface area contributed by atoms with Gasteiger partial charge in [-0.3, -0.25) is 19.3 Å². The Morgan fingerprint density at radius 2 is 2.22 bits per heavy atom. The van der Waals surface area contributed by atoms with Gasteiger partial charge in [0, 0.05) is 5.75 Å². The third-order valence-corrected chi connectivity index (χ3v) is 4.87. The number of carboxylic acid groups (broad SMARTS) is 1. The van der Waals surface area contributed by atoms with Crippen LogP contribution in [0.3, 0.4) is 0 Å². The van der Waals surface area contributed by atoms with Crippen LogP contribution in [-0.4, -0.2) is 63.1 Å². The SMILES string of the molecule is C=CC1=C(C(=O)O)N2C(=O)[C@@H](NC(=O)C3=NOCC3=O)[C@H]2SC1. The van der Waals surface area contributed by atoms with Gasteiger partial charge in [-0.1, -0.05) is 17.8 Å². The summed E-state index contributed by atoms with van der Waals surface area (Å²) in [5, 5.41) is 14.5. The second-order valence-corrected chi connectivity index (χ2v) is 5.99. The van der Waals surface area contributed by atoms with Gasteiger partial charge >= 0.3 is 5.97 Å². The number of fused-ring (bicyclic) bond motifs is 1. The molecule has 0 aromatic rings. The number of hydrogen-bond acceptors (Lipinski definition) is 7. The van der Waals surface area contributed by atoms with E-state index >= 15 is 0 Å². The number of carboxylic acids is 1. The minimum absolute atomic E-state index is 0.128. The summed E-state index contributed by atoms with van der Waals surface area (Å²) in [6.07, 6.45) is 1.40. The summed E-state index contributed by atoms with van der Waals surface area (Å²) in [5.74, 6) is -2.80. The smallest absolute Gasteiger partial charge is 0.352 e. The van der Waals surface area contributed by atoms with Crippen LogP contribution in [0.1, 0.15) is 0 Å². The van der Waals surface area contributed by atoms with Crippen LogP contribution in [0.25, 0.3) is 0 Å². The second-order valence-electron chi connectivity index (χ2n) is 4.88. The summed E-state index contributed by atoms with van der Waals surface area (Å²) in [7, 11) is 0. The lowest BCUT2D eigenvalue weighted by Gasteiger charge is -2.49. The van der Waals surface area contributed by atoms with Crippen LogP contribution in [-0.2, 0) is 24.0 Å². The Morgan fingerprint density at radius 3 is 2.78 bits per heavy atom. The summed E-state index contributed by atoms with van der Waals surface area (Å²) in [5.41, 5.74) is -0.0738. The average molecular weight is 337 g/mol. The molecule has 0 aliphatic carbocycles. The monoisotopic (exact) mass is 337 g/mol. The number of amides is 2. The van der Waals surface area contributed by atoms with Gasteiger partial charge < -0.3 is 15.3 Å². The lowest BCUT2D eigenvalue weighted by atomic mass is 10.0. The number of ketones is 1. The minimum atomic E-state index is -1.23. The van der Waals surface area contributed by atoms with E-state index in [1.807, 2.05) is 0 Å². The number of carbonyl (C=O) groups is 4. The van der Waals surface area contributed by atoms with E-state index < -0.39 is 40.7 Å². The molecule has 2 atom stereocenters. The molecule has 0 spiro atoms. The fourth-order valence-corrected chi connectivity index (χ4v) is 3.79. The van der Waals surface area contributed by atoms with Gasteiger partial charge in [-0.15, -0.1) is 11.8 Å². The van der Waals surface area contributed by atoms with Gasteiger partial charge in [0.05, 0.1) is 0 Å². The minimum Gasteiger partial charge on any atom is -0.477 e. The molecule has 0 unspecified atom stereocenters. The van der Waals surface area contributed by atoms with Crippen molar-refractivity contribution in [1.29, 1.82) is 0 Å². The molecule has 1 saturated heterocycles. The van der Waals surface area contributed by atoms with E-state index in [4.69, 9.17) is 0 Å². The number of β-lactam (4-membered cyclic amide) rings is 1. The molecule has 2 N–H and O–H groups in total. The summed E-state index contributed by atoms with van der Waals surface area (Å²) in [6, 6.07) is -0.913. The summed E-state index contributed by atoms with van der Waals surface area (Å²) in [4.78, 5) is 52.5. The first-order chi connectivity index (χ1) is 11.0. The number of nitrogens with zero attached hydrogens (tertiary/aromatic N) is 2. The fourth-order valence-electron chi connectivity index (χ4n) is 2.45. The van der Waals surface area contributed by atoms with Gasteiger partial charge in [-0.05, 0) is 5.57 Å². The van der Waals surface area contributed by atoms with Gasteiger partial charge in [-0.25, -0.2) is 4.79 Å². The van der Waals surface area contributed by atoms with Crippen molar-refractivity contribution in [3.63, 3.8) is 0 Å². The number of oxime groups is 1. The normalized spacial score (nSPS) is 26.1. The third-order valence-electron chi connectivity index (χ3n) is 3.56. The predicted molar refractivity (Wildman–Crippen MR) is 78.3 cm³/mol. The summed E-state index contributed by atoms with van der Waals surface area (Å²) >= 11 is 1.31. The number of Topliss-reactive ketones (excluding diaryl/α,β-unsaturated/α-hetero) is 1. The number of aliphatic carboxylic acids is 1. The van der Waals surface area contributed by atoms with Crippen molar-refractivity contribution < 1.29 is 29.1 Å². The number of allylic oxidation sites excluding steroid dienone is 1. The molecule has 120 valence electrons. The summed E-state index contributed by atoms with van der Waals surface area (Å²) in [6.45, 7) is 3.24. The Bertz CT molecular complexity index is 712. The molecule has 1 fully saturated rings. The molecule has 2 amide bonds. The highest BCUT2D eigenvalue weighted by Crippen LogP contribution is 2.40. The van der Waals surface area contributed by atoms with Crippen molar-refractivity contribution in [2.75, 3.05) is 12.4 Å². The van der Waals surface area contributed by atoms with Gasteiger partial charge in [0.1, 0.15) is 17.1 Å². The third kappa shape index (κ3) is 2.31. The molecule has 10 heteroatoms. The average Bonchev–Trinajstić information content (AvgIpc) is 2.96. The Kier molecular flexibility index (Phi) is 3.68. The van der Waals surface area contributed by atoms with Crippen LogP contribution >= 0.6 is 11.8 Å². The lowest BCUT2D eigenvalue weighted by molar-refractivity contribution is -0.150. The molecule has 0 aromatic carbocycles. The van der Waals surface area contributed by atoms with Crippen molar-refractivity contribution in [1.82, 2.24) is 10.2 Å². The summed E-state index contributed by atoms with van der Waals surface area (Å²) < 4.78 is 0. The first-order valence-corrected chi connectivity index (χ1v) is 7.58. The number of hydrogen-bond donors (Lipinski definition) is 2. The van der Waals surface area contributed by atoms with Gasteiger partial charge in [-0.2, -0.15) is 0 Å². The molecule has 9 nitrogen and oxygen atoms in total. The second kappa shape index (κ2) is 5.54. The maximum absolute atomic E-state index is 12.2. The zero-order valence-corrected chi connectivity index (χ0v) is 12.5. The zero-order chi connectivity index (χ0) is 16.7. The van der Waals surface area contributed by atoms with Gasteiger partial charge in [0.2, 0.25) is 11.5 Å². The van der Waals surface area contributed by atoms with Crippen molar-refractivity contribution in [3.05, 3.63) is 23.9 Å². The number of thioether (sulfide) groups is 1.